The van der Waals surface area contributed by atoms with Crippen LogP contribution in [-0.2, 0) is 14.3 Å². The van der Waals surface area contributed by atoms with Crippen LogP contribution in [-0.4, -0.2) is 43.4 Å². The Morgan fingerprint density at radius 1 is 1.03 bits per heavy atom. The van der Waals surface area contributed by atoms with Gasteiger partial charge in [-0.1, -0.05) is 42.5 Å². The van der Waals surface area contributed by atoms with Crippen LogP contribution in [0.2, 0.25) is 0 Å². The topological polar surface area (TPSA) is 50.8 Å². The van der Waals surface area contributed by atoms with Gasteiger partial charge in [0.05, 0.1) is 13.2 Å². The van der Waals surface area contributed by atoms with Crippen LogP contribution >= 0.6 is 0 Å². The van der Waals surface area contributed by atoms with Crippen molar-refractivity contribution in [1.82, 2.24) is 4.90 Å². The minimum absolute atomic E-state index is 0.0247. The Bertz CT molecular complexity index is 825. The lowest BCUT2D eigenvalue weighted by Gasteiger charge is -2.38. The average Bonchev–Trinajstić information content (AvgIpc) is 3.27. The van der Waals surface area contributed by atoms with Crippen molar-refractivity contribution in [3.8, 4) is 0 Å². The van der Waals surface area contributed by atoms with E-state index in [0.29, 0.717) is 19.1 Å². The fourth-order valence-corrected chi connectivity index (χ4v) is 4.33. The van der Waals surface area contributed by atoms with Crippen LogP contribution in [0.5, 0.6) is 0 Å². The molecule has 0 spiro atoms. The zero-order valence-electron chi connectivity index (χ0n) is 17.3. The number of ether oxygens (including phenoxy) is 2. The van der Waals surface area contributed by atoms with Crippen molar-refractivity contribution >= 4 is 11.6 Å². The van der Waals surface area contributed by atoms with Gasteiger partial charge in [0.2, 0.25) is 5.91 Å². The molecule has 0 saturated carbocycles. The van der Waals surface area contributed by atoms with Crippen LogP contribution in [0.1, 0.15) is 35.6 Å². The quantitative estimate of drug-likeness (QED) is 0.831. The summed E-state index contributed by atoms with van der Waals surface area (Å²) in [5.41, 5.74) is 4.13. The van der Waals surface area contributed by atoms with Gasteiger partial charge in [-0.2, -0.15) is 0 Å². The van der Waals surface area contributed by atoms with Gasteiger partial charge in [-0.3, -0.25) is 9.69 Å². The molecular weight excluding hydrogens is 364 g/mol. The number of carbonyl (C=O) groups excluding carboxylic acids is 1. The van der Waals surface area contributed by atoms with Gasteiger partial charge in [0.1, 0.15) is 6.04 Å². The molecule has 1 atom stereocenters. The maximum atomic E-state index is 13.4. The van der Waals surface area contributed by atoms with Crippen LogP contribution in [0.4, 0.5) is 5.69 Å². The predicted molar refractivity (Wildman–Crippen MR) is 114 cm³/mol. The highest BCUT2D eigenvalue weighted by molar-refractivity contribution is 5.96. The Hall–Kier alpha value is -2.21. The van der Waals surface area contributed by atoms with E-state index in [9.17, 15) is 4.79 Å². The summed E-state index contributed by atoms with van der Waals surface area (Å²) >= 11 is 0. The Morgan fingerprint density at radius 2 is 1.72 bits per heavy atom. The molecule has 0 bridgehead atoms. The summed E-state index contributed by atoms with van der Waals surface area (Å²) in [5.74, 6) is 0.434. The zero-order valence-corrected chi connectivity index (χ0v) is 17.3. The van der Waals surface area contributed by atoms with E-state index in [0.717, 1.165) is 48.3 Å². The van der Waals surface area contributed by atoms with E-state index in [1.807, 2.05) is 50.2 Å². The number of hydrogen-bond donors (Lipinski definition) is 1. The number of piperidine rings is 1. The van der Waals surface area contributed by atoms with E-state index in [2.05, 4.69) is 22.3 Å². The summed E-state index contributed by atoms with van der Waals surface area (Å²) in [6.07, 6.45) is 1.88. The average molecular weight is 395 g/mol. The number of anilines is 1. The molecule has 2 aliphatic rings. The largest absolute Gasteiger partial charge is 0.350 e. The van der Waals surface area contributed by atoms with Gasteiger partial charge in [0, 0.05) is 11.6 Å². The number of nitrogens with one attached hydrogen (secondary N) is 1. The molecule has 2 fully saturated rings. The summed E-state index contributed by atoms with van der Waals surface area (Å²) in [6.45, 7) is 7.16. The van der Waals surface area contributed by atoms with Crippen LogP contribution in [0.15, 0.2) is 48.5 Å². The Balaban J connectivity index is 1.51. The lowest BCUT2D eigenvalue weighted by Crippen LogP contribution is -2.44. The molecule has 0 aromatic heterocycles. The highest BCUT2D eigenvalue weighted by Gasteiger charge is 2.35. The van der Waals surface area contributed by atoms with Crippen LogP contribution in [0, 0.1) is 19.8 Å². The van der Waals surface area contributed by atoms with Gasteiger partial charge in [-0.15, -0.1) is 0 Å². The van der Waals surface area contributed by atoms with Crippen molar-refractivity contribution in [3.05, 3.63) is 65.2 Å². The molecule has 154 valence electrons. The molecular formula is C24H30N2O3. The van der Waals surface area contributed by atoms with Gasteiger partial charge in [-0.05, 0) is 62.5 Å². The molecule has 2 saturated heterocycles. The summed E-state index contributed by atoms with van der Waals surface area (Å²) in [6, 6.07) is 15.9. The maximum absolute atomic E-state index is 13.4. The van der Waals surface area contributed by atoms with Gasteiger partial charge >= 0.3 is 0 Å². The van der Waals surface area contributed by atoms with E-state index in [4.69, 9.17) is 9.47 Å². The number of amides is 1. The molecule has 0 aliphatic carbocycles. The smallest absolute Gasteiger partial charge is 0.246 e. The third kappa shape index (κ3) is 4.69. The Labute approximate surface area is 173 Å². The van der Waals surface area contributed by atoms with Crippen molar-refractivity contribution in [2.45, 2.75) is 39.0 Å². The first-order chi connectivity index (χ1) is 14.1. The van der Waals surface area contributed by atoms with Crippen LogP contribution in [0.25, 0.3) is 0 Å². The van der Waals surface area contributed by atoms with Crippen LogP contribution in [0.3, 0.4) is 0 Å². The van der Waals surface area contributed by atoms with Gasteiger partial charge in [-0.25, -0.2) is 0 Å². The number of likely N-dealkylation sites (tertiary alicyclic amines) is 1. The number of rotatable bonds is 5. The molecule has 5 nitrogen and oxygen atoms in total. The number of benzene rings is 2. The summed E-state index contributed by atoms with van der Waals surface area (Å²) < 4.78 is 11.4. The molecule has 2 heterocycles. The highest BCUT2D eigenvalue weighted by Crippen LogP contribution is 2.32. The second-order valence-electron chi connectivity index (χ2n) is 8.10. The molecule has 29 heavy (non-hydrogen) atoms. The molecule has 2 aromatic rings. The molecule has 1 amide bonds. The first-order valence-corrected chi connectivity index (χ1v) is 10.5. The van der Waals surface area contributed by atoms with E-state index in [-0.39, 0.29) is 18.2 Å². The first kappa shape index (κ1) is 20.1. The zero-order chi connectivity index (χ0) is 20.2. The van der Waals surface area contributed by atoms with Crippen molar-refractivity contribution in [2.75, 3.05) is 31.6 Å². The lowest BCUT2D eigenvalue weighted by atomic mass is 9.93. The van der Waals surface area contributed by atoms with Gasteiger partial charge < -0.3 is 14.8 Å². The van der Waals surface area contributed by atoms with E-state index < -0.39 is 0 Å². The molecule has 0 radical (unpaired) electrons. The fourth-order valence-electron chi connectivity index (χ4n) is 4.33. The molecule has 5 heteroatoms. The molecule has 1 N–H and O–H groups in total. The summed E-state index contributed by atoms with van der Waals surface area (Å²) in [7, 11) is 0. The highest BCUT2D eigenvalue weighted by atomic mass is 16.7. The minimum atomic E-state index is -0.303. The van der Waals surface area contributed by atoms with Crippen molar-refractivity contribution < 1.29 is 14.3 Å². The molecule has 2 aliphatic heterocycles. The summed E-state index contributed by atoms with van der Waals surface area (Å²) in [5, 5.41) is 3.18. The maximum Gasteiger partial charge on any atom is 0.246 e. The van der Waals surface area contributed by atoms with Gasteiger partial charge in [0.15, 0.2) is 6.29 Å². The van der Waals surface area contributed by atoms with Gasteiger partial charge in [0.25, 0.3) is 0 Å². The first-order valence-electron chi connectivity index (χ1n) is 10.5. The number of carbonyl (C=O) groups is 1. The molecule has 4 rings (SSSR count). The van der Waals surface area contributed by atoms with Crippen molar-refractivity contribution in [1.29, 1.82) is 0 Å². The van der Waals surface area contributed by atoms with E-state index in [1.165, 1.54) is 0 Å². The third-order valence-electron chi connectivity index (χ3n) is 5.99. The van der Waals surface area contributed by atoms with E-state index in [1.54, 1.807) is 0 Å². The van der Waals surface area contributed by atoms with Crippen LogP contribution < -0.4 is 5.32 Å². The molecule has 1 unspecified atom stereocenters. The SMILES string of the molecule is Cc1ccc(C)c(NC(=O)C(c2ccccc2)N2CCC(C3OCCO3)CC2)c1. The summed E-state index contributed by atoms with van der Waals surface area (Å²) in [4.78, 5) is 15.7. The standard InChI is InChI=1S/C24H30N2O3/c1-17-8-9-18(2)21(16-17)25-23(27)22(19-6-4-3-5-7-19)26-12-10-20(11-13-26)24-28-14-15-29-24/h3-9,16,20,22,24H,10-15H2,1-2H3,(H,25,27). The van der Waals surface area contributed by atoms with Crippen molar-refractivity contribution in [3.63, 3.8) is 0 Å². The Kier molecular flexibility index (Phi) is 6.28. The lowest BCUT2D eigenvalue weighted by molar-refractivity contribution is -0.124. The number of nitrogens with zero attached hydrogens (tertiary/aromatic N) is 1. The van der Waals surface area contributed by atoms with E-state index >= 15 is 0 Å². The molecule has 2 aromatic carbocycles. The normalized spacial score (nSPS) is 19.9. The predicted octanol–water partition coefficient (Wildman–Crippen LogP) is 4.07. The second-order valence-corrected chi connectivity index (χ2v) is 8.10. The minimum Gasteiger partial charge on any atom is -0.350 e. The third-order valence-corrected chi connectivity index (χ3v) is 5.99. The Morgan fingerprint density at radius 3 is 2.41 bits per heavy atom. The fraction of sp³-hybridized carbons (Fsp3) is 0.458. The second kappa shape index (κ2) is 9.08. The van der Waals surface area contributed by atoms with Crippen molar-refractivity contribution in [2.24, 2.45) is 5.92 Å². The monoisotopic (exact) mass is 394 g/mol. The number of aryl methyl sites for hydroxylation is 2. The number of hydrogen-bond acceptors (Lipinski definition) is 4.